The maximum Gasteiger partial charge on any atom is 0.212 e. The molecule has 4 aromatic rings. The molecule has 0 unspecified atom stereocenters. The smallest absolute Gasteiger partial charge is 0.212 e. The Morgan fingerprint density at radius 2 is 1.96 bits per heavy atom. The zero-order valence-corrected chi connectivity index (χ0v) is 14.5. The number of benzene rings is 1. The second-order valence-corrected chi connectivity index (χ2v) is 6.86. The van der Waals surface area contributed by atoms with E-state index in [0.29, 0.717) is 5.82 Å². The molecule has 2 N–H and O–H groups in total. The number of thiophene rings is 1. The molecule has 0 spiro atoms. The number of ether oxygens (including phenoxy) is 1. The summed E-state index contributed by atoms with van der Waals surface area (Å²) in [5, 5.41) is 9.18. The quantitative estimate of drug-likeness (QED) is 0.593. The minimum atomic E-state index is 0.605. The van der Waals surface area contributed by atoms with Crippen molar-refractivity contribution < 1.29 is 4.74 Å². The number of aromatic nitrogens is 3. The van der Waals surface area contributed by atoms with Gasteiger partial charge in [0.1, 0.15) is 11.6 Å². The van der Waals surface area contributed by atoms with Gasteiger partial charge in [0.2, 0.25) is 5.13 Å². The van der Waals surface area contributed by atoms with E-state index in [-0.39, 0.29) is 0 Å². The van der Waals surface area contributed by atoms with Crippen LogP contribution in [0.3, 0.4) is 0 Å². The van der Waals surface area contributed by atoms with Gasteiger partial charge < -0.3 is 10.5 Å². The van der Waals surface area contributed by atoms with Crippen LogP contribution in [0, 0.1) is 0 Å². The molecule has 0 saturated carbocycles. The molecule has 3 aromatic heterocycles. The van der Waals surface area contributed by atoms with Crippen molar-refractivity contribution in [3.05, 3.63) is 53.4 Å². The van der Waals surface area contributed by atoms with Gasteiger partial charge in [-0.3, -0.25) is 0 Å². The van der Waals surface area contributed by atoms with Crippen LogP contribution >= 0.6 is 22.7 Å². The minimum absolute atomic E-state index is 0.605. The lowest BCUT2D eigenvalue weighted by Crippen LogP contribution is -2.01. The van der Waals surface area contributed by atoms with E-state index in [2.05, 4.69) is 10.1 Å². The number of hydrogen-bond donors (Lipinski definition) is 1. The standard InChI is InChI=1S/C17H14N4OS2/c1-22-12-6-4-11(5-7-12)14-10-24-17(20-14)21-16(18)13(9-19-21)15-3-2-8-23-15/h2-10H,18H2,1H3. The van der Waals surface area contributed by atoms with Crippen LogP contribution in [0.2, 0.25) is 0 Å². The van der Waals surface area contributed by atoms with Gasteiger partial charge in [-0.15, -0.1) is 22.7 Å². The summed E-state index contributed by atoms with van der Waals surface area (Å²) in [6, 6.07) is 11.9. The van der Waals surface area contributed by atoms with Crippen LogP contribution in [-0.4, -0.2) is 21.9 Å². The highest BCUT2D eigenvalue weighted by Crippen LogP contribution is 2.32. The van der Waals surface area contributed by atoms with Crippen LogP contribution in [0.15, 0.2) is 53.4 Å². The van der Waals surface area contributed by atoms with Crippen molar-refractivity contribution in [3.8, 4) is 32.6 Å². The van der Waals surface area contributed by atoms with Crippen molar-refractivity contribution in [3.63, 3.8) is 0 Å². The van der Waals surface area contributed by atoms with E-state index in [4.69, 9.17) is 10.5 Å². The molecule has 0 amide bonds. The fourth-order valence-corrected chi connectivity index (χ4v) is 3.94. The van der Waals surface area contributed by atoms with Gasteiger partial charge in [0, 0.05) is 15.8 Å². The average Bonchev–Trinajstić information content (AvgIpc) is 3.35. The van der Waals surface area contributed by atoms with Crippen LogP contribution in [0.5, 0.6) is 5.75 Å². The highest BCUT2D eigenvalue weighted by molar-refractivity contribution is 7.13. The van der Waals surface area contributed by atoms with Crippen molar-refractivity contribution in [2.45, 2.75) is 0 Å². The fraction of sp³-hybridized carbons (Fsp3) is 0.0588. The lowest BCUT2D eigenvalue weighted by atomic mass is 10.2. The largest absolute Gasteiger partial charge is 0.497 e. The first kappa shape index (κ1) is 14.9. The number of thiazole rings is 1. The Hall–Kier alpha value is -2.64. The van der Waals surface area contributed by atoms with Crippen LogP contribution in [0.4, 0.5) is 5.82 Å². The summed E-state index contributed by atoms with van der Waals surface area (Å²) in [7, 11) is 1.65. The molecule has 5 nitrogen and oxygen atoms in total. The number of nitrogens with two attached hydrogens (primary N) is 1. The number of nitrogens with zero attached hydrogens (tertiary/aromatic N) is 3. The highest BCUT2D eigenvalue weighted by Gasteiger charge is 2.14. The van der Waals surface area contributed by atoms with Crippen molar-refractivity contribution in [2.24, 2.45) is 0 Å². The second-order valence-electron chi connectivity index (χ2n) is 5.08. The maximum atomic E-state index is 6.27. The number of rotatable bonds is 4. The average molecular weight is 354 g/mol. The van der Waals surface area contributed by atoms with Gasteiger partial charge in [-0.05, 0) is 35.7 Å². The summed E-state index contributed by atoms with van der Waals surface area (Å²) < 4.78 is 6.87. The van der Waals surface area contributed by atoms with Crippen LogP contribution in [-0.2, 0) is 0 Å². The van der Waals surface area contributed by atoms with E-state index in [0.717, 1.165) is 32.6 Å². The van der Waals surface area contributed by atoms with Gasteiger partial charge in [0.25, 0.3) is 0 Å². The molecular weight excluding hydrogens is 340 g/mol. The first-order chi connectivity index (χ1) is 11.8. The summed E-state index contributed by atoms with van der Waals surface area (Å²) in [6.07, 6.45) is 1.79. The summed E-state index contributed by atoms with van der Waals surface area (Å²) in [5.41, 5.74) is 9.13. The molecule has 24 heavy (non-hydrogen) atoms. The topological polar surface area (TPSA) is 66.0 Å². The summed E-state index contributed by atoms with van der Waals surface area (Å²) in [5.74, 6) is 1.43. The zero-order chi connectivity index (χ0) is 16.5. The molecule has 4 rings (SSSR count). The molecule has 0 radical (unpaired) electrons. The van der Waals surface area contributed by atoms with E-state index in [1.54, 1.807) is 29.3 Å². The monoisotopic (exact) mass is 354 g/mol. The van der Waals surface area contributed by atoms with Gasteiger partial charge in [0.15, 0.2) is 0 Å². The molecule has 3 heterocycles. The van der Waals surface area contributed by atoms with Gasteiger partial charge in [-0.25, -0.2) is 4.98 Å². The zero-order valence-electron chi connectivity index (χ0n) is 12.8. The third-order valence-corrected chi connectivity index (χ3v) is 5.37. The first-order valence-electron chi connectivity index (χ1n) is 7.24. The third kappa shape index (κ3) is 2.57. The predicted octanol–water partition coefficient (Wildman–Crippen LogP) is 4.32. The third-order valence-electron chi connectivity index (χ3n) is 3.65. The molecule has 0 aliphatic heterocycles. The number of hydrogen-bond acceptors (Lipinski definition) is 6. The molecular formula is C17H14N4OS2. The molecule has 120 valence electrons. The molecule has 0 saturated heterocycles. The molecule has 0 aliphatic carbocycles. The van der Waals surface area contributed by atoms with Gasteiger partial charge >= 0.3 is 0 Å². The Morgan fingerprint density at radius 1 is 1.12 bits per heavy atom. The Bertz CT molecular complexity index is 955. The first-order valence-corrected chi connectivity index (χ1v) is 9.00. The minimum Gasteiger partial charge on any atom is -0.497 e. The molecule has 0 bridgehead atoms. The van der Waals surface area contributed by atoms with E-state index in [1.807, 2.05) is 47.2 Å². The summed E-state index contributed by atoms with van der Waals surface area (Å²) >= 11 is 3.16. The molecule has 7 heteroatoms. The van der Waals surface area contributed by atoms with Crippen molar-refractivity contribution >= 4 is 28.5 Å². The highest BCUT2D eigenvalue weighted by atomic mass is 32.1. The molecule has 0 atom stereocenters. The molecule has 1 aromatic carbocycles. The lowest BCUT2D eigenvalue weighted by molar-refractivity contribution is 0.415. The van der Waals surface area contributed by atoms with Crippen molar-refractivity contribution in [2.75, 3.05) is 12.8 Å². The molecule has 0 fully saturated rings. The predicted molar refractivity (Wildman–Crippen MR) is 98.9 cm³/mol. The number of nitrogen functional groups attached to an aromatic ring is 1. The summed E-state index contributed by atoms with van der Waals surface area (Å²) in [4.78, 5) is 5.77. The lowest BCUT2D eigenvalue weighted by Gasteiger charge is -2.01. The van der Waals surface area contributed by atoms with E-state index in [1.165, 1.54) is 11.3 Å². The van der Waals surface area contributed by atoms with Crippen LogP contribution in [0.1, 0.15) is 0 Å². The Kier molecular flexibility index (Phi) is 3.79. The summed E-state index contributed by atoms with van der Waals surface area (Å²) in [6.45, 7) is 0. The van der Waals surface area contributed by atoms with E-state index < -0.39 is 0 Å². The SMILES string of the molecule is COc1ccc(-c2csc(-n3ncc(-c4cccs4)c3N)n2)cc1. The Morgan fingerprint density at radius 3 is 2.67 bits per heavy atom. The van der Waals surface area contributed by atoms with E-state index >= 15 is 0 Å². The van der Waals surface area contributed by atoms with Crippen molar-refractivity contribution in [1.82, 2.24) is 14.8 Å². The fourth-order valence-electron chi connectivity index (χ4n) is 2.39. The molecule has 0 aliphatic rings. The van der Waals surface area contributed by atoms with Gasteiger partial charge in [-0.1, -0.05) is 6.07 Å². The Labute approximate surface area is 147 Å². The van der Waals surface area contributed by atoms with Gasteiger partial charge in [-0.2, -0.15) is 9.78 Å². The number of methoxy groups -OCH3 is 1. The van der Waals surface area contributed by atoms with Crippen molar-refractivity contribution in [1.29, 1.82) is 0 Å². The Balaban J connectivity index is 1.68. The van der Waals surface area contributed by atoms with E-state index in [9.17, 15) is 0 Å². The normalized spacial score (nSPS) is 10.9. The number of anilines is 1. The maximum absolute atomic E-state index is 6.27. The second kappa shape index (κ2) is 6.10. The van der Waals surface area contributed by atoms with Gasteiger partial charge in [0.05, 0.1) is 24.6 Å². The van der Waals surface area contributed by atoms with Crippen LogP contribution < -0.4 is 10.5 Å². The van der Waals surface area contributed by atoms with Crippen LogP contribution in [0.25, 0.3) is 26.8 Å².